The van der Waals surface area contributed by atoms with Crippen molar-refractivity contribution in [3.05, 3.63) is 73.6 Å². The minimum absolute atomic E-state index is 0.00646. The van der Waals surface area contributed by atoms with E-state index in [-0.39, 0.29) is 28.6 Å². The molecule has 10 heteroatoms. The molecule has 0 spiro atoms. The minimum Gasteiger partial charge on any atom is -0.444 e. The summed E-state index contributed by atoms with van der Waals surface area (Å²) in [6, 6.07) is 8.93. The first-order valence-corrected chi connectivity index (χ1v) is 11.9. The van der Waals surface area contributed by atoms with Crippen molar-refractivity contribution in [1.82, 2.24) is 5.32 Å². The molecule has 0 fully saturated rings. The number of halogens is 6. The predicted octanol–water partition coefficient (Wildman–Crippen LogP) is 8.61. The van der Waals surface area contributed by atoms with Gasteiger partial charge in [-0.3, -0.25) is 0 Å². The average molecular weight is 539 g/mol. The van der Waals surface area contributed by atoms with Crippen LogP contribution in [0.4, 0.5) is 18.0 Å². The Bertz CT molecular complexity index is 1080. The highest BCUT2D eigenvalue weighted by Gasteiger charge is 2.58. The lowest BCUT2D eigenvalue weighted by Gasteiger charge is -2.32. The molecule has 0 aromatic heterocycles. The van der Waals surface area contributed by atoms with Crippen molar-refractivity contribution in [3.8, 4) is 0 Å². The number of benzene rings is 2. The van der Waals surface area contributed by atoms with Gasteiger partial charge in [0.15, 0.2) is 0 Å². The fourth-order valence-electron chi connectivity index (χ4n) is 3.35. The van der Waals surface area contributed by atoms with Crippen molar-refractivity contribution >= 4 is 58.2 Å². The summed E-state index contributed by atoms with van der Waals surface area (Å²) in [5, 5.41) is 4.71. The van der Waals surface area contributed by atoms with Gasteiger partial charge in [0, 0.05) is 28.0 Å². The largest absolute Gasteiger partial charge is 0.444 e. The normalized spacial score (nSPS) is 18.8. The quantitative estimate of drug-likeness (QED) is 0.423. The van der Waals surface area contributed by atoms with Gasteiger partial charge in [-0.25, -0.2) is 4.79 Å². The molecule has 1 atom stereocenters. The molecule has 2 aromatic rings. The first-order valence-electron chi connectivity index (χ1n) is 9.86. The summed E-state index contributed by atoms with van der Waals surface area (Å²) in [6.45, 7) is 5.37. The standard InChI is InChI=1S/C23H21Cl3F3NO2S/c1-21(2,3)32-20(31)30-11-14-5-4-13(6-19(14)26)15-10-22(33-12-15,23(27,28)29)16-7-17(24)9-18(25)8-16/h4-9,12H,10-11H2,1-3H3,(H,30,31). The zero-order valence-electron chi connectivity index (χ0n) is 17.9. The van der Waals surface area contributed by atoms with E-state index in [0.29, 0.717) is 33.5 Å². The lowest BCUT2D eigenvalue weighted by atomic mass is 9.88. The molecule has 0 aliphatic carbocycles. The lowest BCUT2D eigenvalue weighted by Crippen LogP contribution is -2.37. The number of carbonyl (C=O) groups is 1. The van der Waals surface area contributed by atoms with Crippen molar-refractivity contribution < 1.29 is 22.7 Å². The second kappa shape index (κ2) is 9.61. The molecule has 1 unspecified atom stereocenters. The van der Waals surface area contributed by atoms with E-state index in [1.165, 1.54) is 23.6 Å². The number of ether oxygens (including phenoxy) is 1. The van der Waals surface area contributed by atoms with Gasteiger partial charge in [-0.1, -0.05) is 46.9 Å². The van der Waals surface area contributed by atoms with Crippen LogP contribution in [-0.2, 0) is 16.0 Å². The summed E-state index contributed by atoms with van der Waals surface area (Å²) in [7, 11) is 0. The van der Waals surface area contributed by atoms with Crippen LogP contribution in [0.15, 0.2) is 41.8 Å². The summed E-state index contributed by atoms with van der Waals surface area (Å²) in [4.78, 5) is 11.9. The number of alkyl halides is 3. The number of allylic oxidation sites excluding steroid dienone is 1. The molecule has 178 valence electrons. The van der Waals surface area contributed by atoms with Crippen LogP contribution in [-0.4, -0.2) is 17.9 Å². The van der Waals surface area contributed by atoms with Crippen LogP contribution < -0.4 is 5.32 Å². The van der Waals surface area contributed by atoms with Crippen molar-refractivity contribution in [2.24, 2.45) is 0 Å². The molecule has 3 rings (SSSR count). The number of hydrogen-bond acceptors (Lipinski definition) is 3. The maximum absolute atomic E-state index is 14.3. The Hall–Kier alpha value is -1.54. The van der Waals surface area contributed by atoms with Gasteiger partial charge in [-0.05, 0) is 72.7 Å². The van der Waals surface area contributed by atoms with Crippen LogP contribution in [0.25, 0.3) is 5.57 Å². The van der Waals surface area contributed by atoms with Crippen LogP contribution in [0.2, 0.25) is 15.1 Å². The summed E-state index contributed by atoms with van der Waals surface area (Å²) in [5.41, 5.74) is 1.02. The van der Waals surface area contributed by atoms with E-state index in [1.54, 1.807) is 39.0 Å². The number of thioether (sulfide) groups is 1. The Morgan fingerprint density at radius 2 is 1.73 bits per heavy atom. The van der Waals surface area contributed by atoms with Gasteiger partial charge in [0.25, 0.3) is 0 Å². The number of alkyl carbamates (subject to hydrolysis) is 1. The number of rotatable bonds is 4. The summed E-state index contributed by atoms with van der Waals surface area (Å²) < 4.78 is 45.8. The van der Waals surface area contributed by atoms with Crippen LogP contribution in [0.3, 0.4) is 0 Å². The lowest BCUT2D eigenvalue weighted by molar-refractivity contribution is -0.160. The number of nitrogens with one attached hydrogen (secondary N) is 1. The van der Waals surface area contributed by atoms with Gasteiger partial charge >= 0.3 is 12.3 Å². The average Bonchev–Trinajstić information content (AvgIpc) is 3.12. The molecular weight excluding hydrogens is 518 g/mol. The molecule has 3 nitrogen and oxygen atoms in total. The van der Waals surface area contributed by atoms with Crippen molar-refractivity contribution in [2.75, 3.05) is 0 Å². The van der Waals surface area contributed by atoms with Gasteiger partial charge in [0.1, 0.15) is 10.3 Å². The van der Waals surface area contributed by atoms with Crippen LogP contribution in [0, 0.1) is 0 Å². The molecule has 0 saturated carbocycles. The maximum Gasteiger partial charge on any atom is 0.407 e. The second-order valence-corrected chi connectivity index (χ2v) is 11.0. The van der Waals surface area contributed by atoms with E-state index < -0.39 is 22.6 Å². The van der Waals surface area contributed by atoms with Crippen molar-refractivity contribution in [1.29, 1.82) is 0 Å². The molecule has 1 aliphatic rings. The molecule has 1 aliphatic heterocycles. The first kappa shape index (κ1) is 26.1. The summed E-state index contributed by atoms with van der Waals surface area (Å²) in [5.74, 6) is 0. The summed E-state index contributed by atoms with van der Waals surface area (Å²) in [6.07, 6.45) is -5.44. The Labute approximate surface area is 209 Å². The molecule has 0 saturated heterocycles. The van der Waals surface area contributed by atoms with E-state index in [4.69, 9.17) is 39.5 Å². The Balaban J connectivity index is 1.80. The smallest absolute Gasteiger partial charge is 0.407 e. The van der Waals surface area contributed by atoms with E-state index in [2.05, 4.69) is 5.32 Å². The van der Waals surface area contributed by atoms with Crippen LogP contribution >= 0.6 is 46.6 Å². The number of carbonyl (C=O) groups excluding carboxylic acids is 1. The molecule has 0 radical (unpaired) electrons. The predicted molar refractivity (Wildman–Crippen MR) is 129 cm³/mol. The third-order valence-electron chi connectivity index (χ3n) is 4.87. The third-order valence-corrected chi connectivity index (χ3v) is 7.08. The van der Waals surface area contributed by atoms with Crippen LogP contribution in [0.1, 0.15) is 43.9 Å². The minimum atomic E-state index is -4.55. The molecular formula is C23H21Cl3F3NO2S. The zero-order valence-corrected chi connectivity index (χ0v) is 21.0. The summed E-state index contributed by atoms with van der Waals surface area (Å²) >= 11 is 19.0. The molecule has 0 bridgehead atoms. The third kappa shape index (κ3) is 6.13. The fraction of sp³-hybridized carbons (Fsp3) is 0.348. The number of amides is 1. The van der Waals surface area contributed by atoms with E-state index in [9.17, 15) is 18.0 Å². The molecule has 1 heterocycles. The fourth-order valence-corrected chi connectivity index (χ4v) is 5.32. The Morgan fingerprint density at radius 1 is 1.09 bits per heavy atom. The molecule has 1 N–H and O–H groups in total. The van der Waals surface area contributed by atoms with E-state index in [0.717, 1.165) is 0 Å². The van der Waals surface area contributed by atoms with Gasteiger partial charge in [0.2, 0.25) is 0 Å². The van der Waals surface area contributed by atoms with Gasteiger partial charge in [-0.15, -0.1) is 11.8 Å². The van der Waals surface area contributed by atoms with Gasteiger partial charge in [0.05, 0.1) is 0 Å². The monoisotopic (exact) mass is 537 g/mol. The zero-order chi connectivity index (χ0) is 24.6. The SMILES string of the molecule is CC(C)(C)OC(=O)NCc1ccc(C2=CSC(c3cc(Cl)cc(Cl)c3)(C(F)(F)F)C2)cc1Cl. The molecule has 1 amide bonds. The Morgan fingerprint density at radius 3 is 2.27 bits per heavy atom. The van der Waals surface area contributed by atoms with Crippen LogP contribution in [0.5, 0.6) is 0 Å². The van der Waals surface area contributed by atoms with Gasteiger partial charge < -0.3 is 10.1 Å². The van der Waals surface area contributed by atoms with Crippen molar-refractivity contribution in [3.63, 3.8) is 0 Å². The molecule has 2 aromatic carbocycles. The van der Waals surface area contributed by atoms with Crippen molar-refractivity contribution in [2.45, 2.75) is 50.3 Å². The second-order valence-electron chi connectivity index (χ2n) is 8.58. The highest BCUT2D eigenvalue weighted by molar-refractivity contribution is 8.03. The molecule has 33 heavy (non-hydrogen) atoms. The van der Waals surface area contributed by atoms with E-state index >= 15 is 0 Å². The maximum atomic E-state index is 14.3. The highest BCUT2D eigenvalue weighted by Crippen LogP contribution is 2.60. The Kier molecular flexibility index (Phi) is 7.59. The van der Waals surface area contributed by atoms with E-state index in [1.807, 2.05) is 0 Å². The first-order chi connectivity index (χ1) is 15.2. The topological polar surface area (TPSA) is 38.3 Å². The number of hydrogen-bond donors (Lipinski definition) is 1. The highest BCUT2D eigenvalue weighted by atomic mass is 35.5. The van der Waals surface area contributed by atoms with Gasteiger partial charge in [-0.2, -0.15) is 13.2 Å².